The Hall–Kier alpha value is -3.13. The number of rotatable bonds is 5. The third kappa shape index (κ3) is 3.69. The molecule has 3 N–H and O–H groups in total. The van der Waals surface area contributed by atoms with Crippen molar-refractivity contribution in [2.24, 2.45) is 0 Å². The Kier molecular flexibility index (Phi) is 4.53. The van der Waals surface area contributed by atoms with E-state index < -0.39 is 11.4 Å². The van der Waals surface area contributed by atoms with Gasteiger partial charge in [-0.1, -0.05) is 12.1 Å². The molecule has 2 heterocycles. The Bertz CT molecular complexity index is 766. The predicted octanol–water partition coefficient (Wildman–Crippen LogP) is 1.66. The van der Waals surface area contributed by atoms with Gasteiger partial charge in [-0.3, -0.25) is 15.0 Å². The third-order valence-corrected chi connectivity index (χ3v) is 3.96. The van der Waals surface area contributed by atoms with Gasteiger partial charge in [0.15, 0.2) is 0 Å². The number of urea groups is 1. The van der Waals surface area contributed by atoms with Gasteiger partial charge in [0.1, 0.15) is 17.0 Å². The first-order valence-corrected chi connectivity index (χ1v) is 7.69. The molecule has 0 spiro atoms. The van der Waals surface area contributed by atoms with Gasteiger partial charge in [-0.05, 0) is 36.8 Å². The van der Waals surface area contributed by atoms with Crippen molar-refractivity contribution in [3.63, 3.8) is 0 Å². The van der Waals surface area contributed by atoms with Crippen LogP contribution in [0.2, 0.25) is 0 Å². The van der Waals surface area contributed by atoms with Crippen LogP contribution in [-0.2, 0) is 11.3 Å². The maximum absolute atomic E-state index is 12.0. The van der Waals surface area contributed by atoms with E-state index in [1.807, 2.05) is 24.3 Å². The van der Waals surface area contributed by atoms with Gasteiger partial charge in [0.05, 0.1) is 6.54 Å². The molecular formula is C17H18N4O4. The number of benzene rings is 1. The quantitative estimate of drug-likeness (QED) is 0.566. The molecule has 25 heavy (non-hydrogen) atoms. The first kappa shape index (κ1) is 16.7. The Labute approximate surface area is 144 Å². The molecule has 1 atom stereocenters. The normalized spacial score (nSPS) is 19.4. The van der Waals surface area contributed by atoms with E-state index in [0.717, 1.165) is 5.56 Å². The molecule has 1 unspecified atom stereocenters. The van der Waals surface area contributed by atoms with Gasteiger partial charge < -0.3 is 15.0 Å². The standard InChI is InChI=1S/C17H18N4O4/c1-17(15(22)20-24)11-21(16(23)19-17)10-12-2-4-13(5-3-12)25-14-6-8-18-9-7-14/h2-9,24H,10-11H2,1H3,(H,19,23)(H,20,22). The van der Waals surface area contributed by atoms with Crippen LogP contribution in [0.25, 0.3) is 0 Å². The van der Waals surface area contributed by atoms with Crippen molar-refractivity contribution in [1.82, 2.24) is 20.7 Å². The minimum atomic E-state index is -1.16. The van der Waals surface area contributed by atoms with Crippen molar-refractivity contribution in [2.75, 3.05) is 6.54 Å². The van der Waals surface area contributed by atoms with Crippen LogP contribution in [0, 0.1) is 0 Å². The van der Waals surface area contributed by atoms with Crippen LogP contribution in [0.1, 0.15) is 12.5 Å². The fourth-order valence-electron chi connectivity index (χ4n) is 2.61. The maximum atomic E-state index is 12.0. The van der Waals surface area contributed by atoms with Crippen molar-refractivity contribution >= 4 is 11.9 Å². The van der Waals surface area contributed by atoms with E-state index in [1.165, 1.54) is 4.90 Å². The molecule has 0 bridgehead atoms. The Balaban J connectivity index is 1.64. The number of pyridine rings is 1. The van der Waals surface area contributed by atoms with E-state index in [0.29, 0.717) is 18.0 Å². The number of nitrogens with one attached hydrogen (secondary N) is 2. The summed E-state index contributed by atoms with van der Waals surface area (Å²) in [7, 11) is 0. The zero-order valence-electron chi connectivity index (χ0n) is 13.6. The molecule has 2 aromatic rings. The summed E-state index contributed by atoms with van der Waals surface area (Å²) in [6.45, 7) is 2.06. The summed E-state index contributed by atoms with van der Waals surface area (Å²) in [4.78, 5) is 29.2. The molecule has 3 amide bonds. The van der Waals surface area contributed by atoms with Gasteiger partial charge >= 0.3 is 6.03 Å². The van der Waals surface area contributed by atoms with E-state index in [4.69, 9.17) is 9.94 Å². The van der Waals surface area contributed by atoms with Gasteiger partial charge in [-0.2, -0.15) is 0 Å². The summed E-state index contributed by atoms with van der Waals surface area (Å²) < 4.78 is 5.69. The molecule has 130 valence electrons. The molecule has 0 radical (unpaired) electrons. The van der Waals surface area contributed by atoms with Crippen molar-refractivity contribution in [2.45, 2.75) is 19.0 Å². The minimum absolute atomic E-state index is 0.160. The van der Waals surface area contributed by atoms with Crippen LogP contribution in [-0.4, -0.2) is 39.1 Å². The number of hydrogen-bond donors (Lipinski definition) is 3. The number of nitrogens with zero attached hydrogens (tertiary/aromatic N) is 2. The summed E-state index contributed by atoms with van der Waals surface area (Å²) in [5, 5.41) is 11.4. The zero-order valence-corrected chi connectivity index (χ0v) is 13.6. The molecule has 1 aromatic heterocycles. The van der Waals surface area contributed by atoms with E-state index in [1.54, 1.807) is 36.9 Å². The first-order chi connectivity index (χ1) is 12.0. The fraction of sp³-hybridized carbons (Fsp3) is 0.235. The van der Waals surface area contributed by atoms with Crippen molar-refractivity contribution in [1.29, 1.82) is 0 Å². The van der Waals surface area contributed by atoms with Crippen LogP contribution in [0.15, 0.2) is 48.8 Å². The average Bonchev–Trinajstić information content (AvgIpc) is 2.91. The number of aromatic nitrogens is 1. The second-order valence-corrected chi connectivity index (χ2v) is 5.99. The summed E-state index contributed by atoms with van der Waals surface area (Å²) in [6, 6.07) is 10.5. The highest BCUT2D eigenvalue weighted by atomic mass is 16.5. The molecule has 1 aromatic carbocycles. The van der Waals surface area contributed by atoms with Crippen LogP contribution in [0.5, 0.6) is 11.5 Å². The Morgan fingerprint density at radius 1 is 1.28 bits per heavy atom. The molecule has 1 aliphatic heterocycles. The van der Waals surface area contributed by atoms with Gasteiger partial charge in [-0.25, -0.2) is 10.3 Å². The smallest absolute Gasteiger partial charge is 0.318 e. The molecule has 8 nitrogen and oxygen atoms in total. The van der Waals surface area contributed by atoms with Crippen molar-refractivity contribution in [3.05, 3.63) is 54.4 Å². The van der Waals surface area contributed by atoms with E-state index in [9.17, 15) is 9.59 Å². The van der Waals surface area contributed by atoms with Gasteiger partial charge in [-0.15, -0.1) is 0 Å². The van der Waals surface area contributed by atoms with E-state index in [2.05, 4.69) is 10.3 Å². The van der Waals surface area contributed by atoms with Crippen LogP contribution in [0.3, 0.4) is 0 Å². The fourth-order valence-corrected chi connectivity index (χ4v) is 2.61. The number of carbonyl (C=O) groups excluding carboxylic acids is 2. The second-order valence-electron chi connectivity index (χ2n) is 5.99. The number of carbonyl (C=O) groups is 2. The lowest BCUT2D eigenvalue weighted by Crippen LogP contribution is -2.53. The van der Waals surface area contributed by atoms with Crippen molar-refractivity contribution in [3.8, 4) is 11.5 Å². The lowest BCUT2D eigenvalue weighted by Gasteiger charge is -2.20. The molecule has 3 rings (SSSR count). The summed E-state index contributed by atoms with van der Waals surface area (Å²) in [5.41, 5.74) is 1.32. The molecular weight excluding hydrogens is 324 g/mol. The predicted molar refractivity (Wildman–Crippen MR) is 88.0 cm³/mol. The molecule has 0 saturated carbocycles. The molecule has 1 fully saturated rings. The summed E-state index contributed by atoms with van der Waals surface area (Å²) in [5.74, 6) is 0.710. The SMILES string of the molecule is CC1(C(=O)NO)CN(Cc2ccc(Oc3ccncc3)cc2)C(=O)N1. The highest BCUT2D eigenvalue weighted by Gasteiger charge is 2.44. The summed E-state index contributed by atoms with van der Waals surface area (Å²) >= 11 is 0. The molecule has 0 aliphatic carbocycles. The van der Waals surface area contributed by atoms with Crippen LogP contribution in [0.4, 0.5) is 4.79 Å². The molecule has 8 heteroatoms. The largest absolute Gasteiger partial charge is 0.457 e. The van der Waals surface area contributed by atoms with Crippen LogP contribution >= 0.6 is 0 Å². The third-order valence-electron chi connectivity index (χ3n) is 3.96. The highest BCUT2D eigenvalue weighted by Crippen LogP contribution is 2.23. The zero-order chi connectivity index (χ0) is 17.9. The Morgan fingerprint density at radius 3 is 2.56 bits per heavy atom. The van der Waals surface area contributed by atoms with Crippen molar-refractivity contribution < 1.29 is 19.5 Å². The van der Waals surface area contributed by atoms with Crippen LogP contribution < -0.4 is 15.5 Å². The average molecular weight is 342 g/mol. The lowest BCUT2D eigenvalue weighted by atomic mass is 10.0. The monoisotopic (exact) mass is 342 g/mol. The van der Waals surface area contributed by atoms with Gasteiger partial charge in [0.2, 0.25) is 0 Å². The number of ether oxygens (including phenoxy) is 1. The molecule has 1 aliphatic rings. The Morgan fingerprint density at radius 2 is 1.92 bits per heavy atom. The summed E-state index contributed by atoms with van der Waals surface area (Å²) in [6.07, 6.45) is 3.30. The lowest BCUT2D eigenvalue weighted by molar-refractivity contribution is -0.134. The first-order valence-electron chi connectivity index (χ1n) is 7.69. The highest BCUT2D eigenvalue weighted by molar-refractivity contribution is 5.93. The number of amides is 3. The second kappa shape index (κ2) is 6.78. The maximum Gasteiger partial charge on any atom is 0.318 e. The van der Waals surface area contributed by atoms with E-state index >= 15 is 0 Å². The number of hydroxylamine groups is 1. The van der Waals surface area contributed by atoms with Gasteiger partial charge in [0.25, 0.3) is 5.91 Å². The van der Waals surface area contributed by atoms with E-state index in [-0.39, 0.29) is 12.6 Å². The topological polar surface area (TPSA) is 104 Å². The minimum Gasteiger partial charge on any atom is -0.457 e. The molecule has 1 saturated heterocycles. The van der Waals surface area contributed by atoms with Gasteiger partial charge in [0, 0.05) is 18.9 Å². The number of hydrogen-bond acceptors (Lipinski definition) is 5.